The molecule has 1 unspecified atom stereocenters. The van der Waals surface area contributed by atoms with E-state index in [1.54, 1.807) is 6.92 Å². The van der Waals surface area contributed by atoms with Gasteiger partial charge in [-0.05, 0) is 6.92 Å². The van der Waals surface area contributed by atoms with Gasteiger partial charge in [0.1, 0.15) is 6.04 Å². The minimum atomic E-state index is -4.51. The third kappa shape index (κ3) is 2.32. The molecular weight excluding hydrogens is 237 g/mol. The summed E-state index contributed by atoms with van der Waals surface area (Å²) >= 11 is 0. The molecule has 2 atom stereocenters. The third-order valence-electron chi connectivity index (χ3n) is 3.01. The number of carbonyl (C=O) groups is 2. The molecule has 7 nitrogen and oxygen atoms in total. The van der Waals surface area contributed by atoms with Crippen LogP contribution in [0.3, 0.4) is 0 Å². The summed E-state index contributed by atoms with van der Waals surface area (Å²) < 4.78 is 9.88. The fraction of sp³-hybridized carbons (Fsp3) is 0.750. The molecule has 1 rings (SSSR count). The molecule has 0 aromatic carbocycles. The number of imide groups is 1. The summed E-state index contributed by atoms with van der Waals surface area (Å²) in [5, 5.41) is 9.10. The minimum Gasteiger partial charge on any atom is -0.435 e. The van der Waals surface area contributed by atoms with E-state index in [1.807, 2.05) is 0 Å². The standard InChI is InChI=1S/C8H14NO6P/c1-6-3-2-4-9(6,8(11)12)7(10)5-16(13,14)15/h6H,2-5H2,1H3,(H2-,11,12,13,14,15)/p+1/t6-,9?/m1/s1. The van der Waals surface area contributed by atoms with E-state index in [4.69, 9.17) is 14.9 Å². The van der Waals surface area contributed by atoms with E-state index in [-0.39, 0.29) is 6.54 Å². The van der Waals surface area contributed by atoms with Gasteiger partial charge in [0.05, 0.1) is 6.54 Å². The molecule has 1 saturated heterocycles. The van der Waals surface area contributed by atoms with Crippen molar-refractivity contribution < 1.29 is 33.5 Å². The van der Waals surface area contributed by atoms with E-state index in [1.165, 1.54) is 0 Å². The van der Waals surface area contributed by atoms with E-state index in [0.717, 1.165) is 0 Å². The molecule has 1 heterocycles. The lowest BCUT2D eigenvalue weighted by Crippen LogP contribution is -2.59. The molecule has 0 aromatic heterocycles. The van der Waals surface area contributed by atoms with Gasteiger partial charge in [-0.15, -0.1) is 0 Å². The molecule has 1 fully saturated rings. The highest BCUT2D eigenvalue weighted by Crippen LogP contribution is 2.38. The molecule has 2 amide bonds. The number of quaternary nitrogens is 1. The molecule has 1 aliphatic heterocycles. The first-order chi connectivity index (χ1) is 7.20. The molecule has 0 spiro atoms. The van der Waals surface area contributed by atoms with Gasteiger partial charge in [0.2, 0.25) is 0 Å². The van der Waals surface area contributed by atoms with E-state index in [9.17, 15) is 14.2 Å². The first-order valence-electron chi connectivity index (χ1n) is 4.89. The summed E-state index contributed by atoms with van der Waals surface area (Å²) in [4.78, 5) is 40.3. The Kier molecular flexibility index (Phi) is 3.54. The van der Waals surface area contributed by atoms with Gasteiger partial charge < -0.3 is 14.9 Å². The van der Waals surface area contributed by atoms with Crippen molar-refractivity contribution in [3.63, 3.8) is 0 Å². The third-order valence-corrected chi connectivity index (χ3v) is 3.70. The van der Waals surface area contributed by atoms with Crippen LogP contribution in [0.25, 0.3) is 0 Å². The van der Waals surface area contributed by atoms with Crippen molar-refractivity contribution in [1.29, 1.82) is 0 Å². The van der Waals surface area contributed by atoms with E-state index in [0.29, 0.717) is 12.8 Å². The van der Waals surface area contributed by atoms with Crippen LogP contribution in [0.4, 0.5) is 4.79 Å². The summed E-state index contributed by atoms with van der Waals surface area (Å²) in [6.07, 6.45) is -1.20. The van der Waals surface area contributed by atoms with Crippen molar-refractivity contribution in [2.24, 2.45) is 0 Å². The average Bonchev–Trinajstić information content (AvgIpc) is 2.44. The highest BCUT2D eigenvalue weighted by Gasteiger charge is 2.54. The van der Waals surface area contributed by atoms with Crippen LogP contribution in [-0.2, 0) is 9.36 Å². The number of carbonyl (C=O) groups excluding carboxylic acids is 1. The second-order valence-electron chi connectivity index (χ2n) is 4.08. The maximum atomic E-state index is 11.7. The predicted molar refractivity (Wildman–Crippen MR) is 53.8 cm³/mol. The SMILES string of the molecule is C[C@@H]1CCC[N+]1(C(=O)O)C(=O)CP(=O)(O)O. The summed E-state index contributed by atoms with van der Waals surface area (Å²) in [6.45, 7) is 1.72. The topological polar surface area (TPSA) is 112 Å². The number of nitrogens with zero attached hydrogens (tertiary/aromatic N) is 1. The molecule has 8 heteroatoms. The maximum Gasteiger partial charge on any atom is 0.521 e. The average molecular weight is 252 g/mol. The van der Waals surface area contributed by atoms with Crippen LogP contribution in [0.1, 0.15) is 19.8 Å². The van der Waals surface area contributed by atoms with E-state index in [2.05, 4.69) is 0 Å². The monoisotopic (exact) mass is 252 g/mol. The van der Waals surface area contributed by atoms with Gasteiger partial charge in [0.15, 0.2) is 6.16 Å². The predicted octanol–water partition coefficient (Wildman–Crippen LogP) is 0.368. The normalized spacial score (nSPS) is 30.3. The molecule has 0 aliphatic carbocycles. The number of rotatable bonds is 2. The number of likely N-dealkylation sites (tertiary alicyclic amines) is 1. The Morgan fingerprint density at radius 3 is 2.31 bits per heavy atom. The second kappa shape index (κ2) is 4.25. The van der Waals surface area contributed by atoms with Gasteiger partial charge in [-0.3, -0.25) is 4.57 Å². The molecule has 1 aliphatic rings. The smallest absolute Gasteiger partial charge is 0.435 e. The zero-order chi connectivity index (χ0) is 12.6. The number of carboxylic acid groups (broad SMARTS) is 1. The van der Waals surface area contributed by atoms with Gasteiger partial charge in [0.25, 0.3) is 0 Å². The fourth-order valence-corrected chi connectivity index (χ4v) is 2.75. The van der Waals surface area contributed by atoms with Crippen LogP contribution in [0.5, 0.6) is 0 Å². The second-order valence-corrected chi connectivity index (χ2v) is 5.73. The Balaban J connectivity index is 3.00. The minimum absolute atomic E-state index is 0.106. The van der Waals surface area contributed by atoms with Gasteiger partial charge in [-0.2, -0.15) is 9.28 Å². The Hall–Kier alpha value is -0.750. The van der Waals surface area contributed by atoms with Crippen LogP contribution < -0.4 is 0 Å². The first-order valence-corrected chi connectivity index (χ1v) is 6.69. The number of hydrogen-bond acceptors (Lipinski definition) is 3. The zero-order valence-electron chi connectivity index (χ0n) is 8.87. The maximum absolute atomic E-state index is 11.7. The number of amides is 2. The van der Waals surface area contributed by atoms with Crippen molar-refractivity contribution >= 4 is 19.6 Å². The van der Waals surface area contributed by atoms with Crippen LogP contribution in [0, 0.1) is 0 Å². The van der Waals surface area contributed by atoms with Gasteiger partial charge >= 0.3 is 19.6 Å². The van der Waals surface area contributed by atoms with Crippen molar-refractivity contribution in [2.45, 2.75) is 25.8 Å². The van der Waals surface area contributed by atoms with Crippen LogP contribution in [-0.4, -0.2) is 50.1 Å². The van der Waals surface area contributed by atoms with E-state index < -0.39 is 36.3 Å². The zero-order valence-corrected chi connectivity index (χ0v) is 9.76. The Morgan fingerprint density at radius 1 is 1.44 bits per heavy atom. The summed E-state index contributed by atoms with van der Waals surface area (Å²) in [6, 6.07) is -0.434. The molecule has 16 heavy (non-hydrogen) atoms. The summed E-state index contributed by atoms with van der Waals surface area (Å²) in [5.74, 6) is -0.911. The lowest BCUT2D eigenvalue weighted by atomic mass is 10.2. The van der Waals surface area contributed by atoms with Crippen molar-refractivity contribution in [3.05, 3.63) is 0 Å². The van der Waals surface area contributed by atoms with Crippen molar-refractivity contribution in [3.8, 4) is 0 Å². The quantitative estimate of drug-likeness (QED) is 0.483. The van der Waals surface area contributed by atoms with Crippen LogP contribution >= 0.6 is 7.60 Å². The van der Waals surface area contributed by atoms with Crippen LogP contribution in [0.15, 0.2) is 0 Å². The fourth-order valence-electron chi connectivity index (χ4n) is 2.14. The number of hydrogen-bond donors (Lipinski definition) is 3. The van der Waals surface area contributed by atoms with Gasteiger partial charge in [-0.25, -0.2) is 4.79 Å². The molecule has 92 valence electrons. The van der Waals surface area contributed by atoms with Crippen molar-refractivity contribution in [2.75, 3.05) is 12.7 Å². The van der Waals surface area contributed by atoms with E-state index >= 15 is 0 Å². The van der Waals surface area contributed by atoms with Crippen molar-refractivity contribution in [1.82, 2.24) is 0 Å². The Labute approximate surface area is 92.4 Å². The van der Waals surface area contributed by atoms with Gasteiger partial charge in [0, 0.05) is 12.8 Å². The molecule has 0 bridgehead atoms. The Morgan fingerprint density at radius 2 is 2.00 bits per heavy atom. The molecular formula is C8H15NO6P+. The summed E-state index contributed by atoms with van der Waals surface area (Å²) in [7, 11) is -4.51. The first kappa shape index (κ1) is 13.3. The molecule has 0 saturated carbocycles. The Bertz CT molecular complexity index is 364. The highest BCUT2D eigenvalue weighted by atomic mass is 31.2. The lowest BCUT2D eigenvalue weighted by molar-refractivity contribution is -0.791. The largest absolute Gasteiger partial charge is 0.521 e. The lowest BCUT2D eigenvalue weighted by Gasteiger charge is -2.29. The molecule has 0 radical (unpaired) electrons. The van der Waals surface area contributed by atoms with Gasteiger partial charge in [-0.1, -0.05) is 0 Å². The summed E-state index contributed by atoms with van der Waals surface area (Å²) in [5.41, 5.74) is 0. The molecule has 3 N–H and O–H groups in total. The highest BCUT2D eigenvalue weighted by molar-refractivity contribution is 7.52. The molecule has 0 aromatic rings. The van der Waals surface area contributed by atoms with Crippen LogP contribution in [0.2, 0.25) is 0 Å².